The van der Waals surface area contributed by atoms with E-state index in [1.165, 1.54) is 0 Å². The molecule has 0 bridgehead atoms. The first-order chi connectivity index (χ1) is 12.8. The molecular formula is C19H30ClIN4O3. The minimum atomic E-state index is -0.269. The molecule has 28 heavy (non-hydrogen) atoms. The van der Waals surface area contributed by atoms with Crippen LogP contribution in [-0.2, 0) is 11.3 Å². The molecule has 0 saturated carbocycles. The SMILES string of the molecule is CCNC(=NCc1cc(Cl)c2c(c1)OCCCO2)NCC(=O)NC(C)(C)C.I. The largest absolute Gasteiger partial charge is 0.489 e. The van der Waals surface area contributed by atoms with Gasteiger partial charge in [-0.1, -0.05) is 11.6 Å². The maximum absolute atomic E-state index is 12.0. The highest BCUT2D eigenvalue weighted by atomic mass is 127. The number of halogens is 2. The molecule has 7 nitrogen and oxygen atoms in total. The van der Waals surface area contributed by atoms with Crippen LogP contribution in [0.2, 0.25) is 5.02 Å². The smallest absolute Gasteiger partial charge is 0.239 e. The Morgan fingerprint density at radius 3 is 2.61 bits per heavy atom. The maximum atomic E-state index is 12.0. The first-order valence-corrected chi connectivity index (χ1v) is 9.57. The first kappa shape index (κ1) is 24.6. The molecule has 0 unspecified atom stereocenters. The highest BCUT2D eigenvalue weighted by molar-refractivity contribution is 14.0. The molecule has 9 heteroatoms. The van der Waals surface area contributed by atoms with Gasteiger partial charge in [-0.05, 0) is 45.4 Å². The molecule has 3 N–H and O–H groups in total. The molecule has 0 spiro atoms. The van der Waals surface area contributed by atoms with Crippen molar-refractivity contribution in [1.82, 2.24) is 16.0 Å². The third-order valence-electron chi connectivity index (χ3n) is 3.56. The number of nitrogens with one attached hydrogen (secondary N) is 3. The number of benzene rings is 1. The minimum absolute atomic E-state index is 0. The Morgan fingerprint density at radius 1 is 1.21 bits per heavy atom. The van der Waals surface area contributed by atoms with Crippen molar-refractivity contribution in [2.75, 3.05) is 26.3 Å². The second-order valence-corrected chi connectivity index (χ2v) is 7.71. The van der Waals surface area contributed by atoms with Crippen molar-refractivity contribution >= 4 is 47.4 Å². The molecule has 1 aromatic carbocycles. The molecule has 158 valence electrons. The summed E-state index contributed by atoms with van der Waals surface area (Å²) in [7, 11) is 0. The van der Waals surface area contributed by atoms with Gasteiger partial charge in [-0.3, -0.25) is 4.79 Å². The lowest BCUT2D eigenvalue weighted by molar-refractivity contribution is -0.121. The lowest BCUT2D eigenvalue weighted by Crippen LogP contribution is -2.48. The Kier molecular flexibility index (Phi) is 10.2. The second kappa shape index (κ2) is 11.5. The molecule has 2 rings (SSSR count). The zero-order valence-corrected chi connectivity index (χ0v) is 19.9. The van der Waals surface area contributed by atoms with Crippen LogP contribution in [-0.4, -0.2) is 43.7 Å². The van der Waals surface area contributed by atoms with Crippen LogP contribution in [0.25, 0.3) is 0 Å². The zero-order chi connectivity index (χ0) is 19.9. The monoisotopic (exact) mass is 524 g/mol. The number of aliphatic imine (C=N–C) groups is 1. The fourth-order valence-corrected chi connectivity index (χ4v) is 2.80. The molecule has 0 aliphatic carbocycles. The van der Waals surface area contributed by atoms with E-state index in [1.807, 2.05) is 39.8 Å². The van der Waals surface area contributed by atoms with Crippen LogP contribution in [0, 0.1) is 0 Å². The molecule has 1 amide bonds. The Labute approximate surface area is 189 Å². The summed E-state index contributed by atoms with van der Waals surface area (Å²) in [5.41, 5.74) is 0.634. The van der Waals surface area contributed by atoms with Gasteiger partial charge >= 0.3 is 0 Å². The van der Waals surface area contributed by atoms with E-state index in [9.17, 15) is 4.79 Å². The number of guanidine groups is 1. The van der Waals surface area contributed by atoms with Gasteiger partial charge in [0, 0.05) is 18.5 Å². The van der Waals surface area contributed by atoms with Crippen LogP contribution in [0.5, 0.6) is 11.5 Å². The standard InChI is InChI=1S/C19H29ClN4O3.HI/c1-5-21-18(23-12-16(25)24-19(2,3)4)22-11-13-9-14(20)17-15(10-13)26-7-6-8-27-17;/h9-10H,5-8,11-12H2,1-4H3,(H,24,25)(H2,21,22,23);1H. The predicted molar refractivity (Wildman–Crippen MR) is 123 cm³/mol. The molecule has 0 saturated heterocycles. The molecule has 0 atom stereocenters. The van der Waals surface area contributed by atoms with E-state index in [1.54, 1.807) is 0 Å². The second-order valence-electron chi connectivity index (χ2n) is 7.30. The summed E-state index contributed by atoms with van der Waals surface area (Å²) in [6, 6.07) is 3.72. The van der Waals surface area contributed by atoms with Gasteiger partial charge in [0.25, 0.3) is 0 Å². The van der Waals surface area contributed by atoms with Gasteiger partial charge in [-0.25, -0.2) is 4.99 Å². The lowest BCUT2D eigenvalue weighted by Gasteiger charge is -2.21. The van der Waals surface area contributed by atoms with E-state index >= 15 is 0 Å². The zero-order valence-electron chi connectivity index (χ0n) is 16.9. The molecule has 1 aliphatic heterocycles. The van der Waals surface area contributed by atoms with Gasteiger partial charge in [-0.2, -0.15) is 0 Å². The topological polar surface area (TPSA) is 84.0 Å². The van der Waals surface area contributed by atoms with Gasteiger partial charge in [0.05, 0.1) is 31.3 Å². The van der Waals surface area contributed by atoms with Gasteiger partial charge < -0.3 is 25.4 Å². The molecule has 0 fully saturated rings. The number of amides is 1. The van der Waals surface area contributed by atoms with Gasteiger partial charge in [0.15, 0.2) is 17.5 Å². The summed E-state index contributed by atoms with van der Waals surface area (Å²) in [5, 5.41) is 9.59. The normalized spacial score (nSPS) is 13.8. The number of hydrogen-bond donors (Lipinski definition) is 3. The van der Waals surface area contributed by atoms with E-state index in [2.05, 4.69) is 20.9 Å². The van der Waals surface area contributed by atoms with E-state index in [4.69, 9.17) is 21.1 Å². The van der Waals surface area contributed by atoms with Crippen molar-refractivity contribution in [2.24, 2.45) is 4.99 Å². The summed E-state index contributed by atoms with van der Waals surface area (Å²) in [5.74, 6) is 1.70. The van der Waals surface area contributed by atoms with Crippen molar-refractivity contribution in [3.8, 4) is 11.5 Å². The van der Waals surface area contributed by atoms with E-state index < -0.39 is 0 Å². The van der Waals surface area contributed by atoms with Crippen LogP contribution in [0.15, 0.2) is 17.1 Å². The first-order valence-electron chi connectivity index (χ1n) is 9.19. The molecule has 0 aromatic heterocycles. The summed E-state index contributed by atoms with van der Waals surface area (Å²) >= 11 is 6.32. The maximum Gasteiger partial charge on any atom is 0.239 e. The lowest BCUT2D eigenvalue weighted by atomic mass is 10.1. The van der Waals surface area contributed by atoms with E-state index in [0.29, 0.717) is 48.8 Å². The molecule has 1 aliphatic rings. The third-order valence-corrected chi connectivity index (χ3v) is 3.84. The van der Waals surface area contributed by atoms with E-state index in [-0.39, 0.29) is 42.0 Å². The highest BCUT2D eigenvalue weighted by Crippen LogP contribution is 2.38. The Balaban J connectivity index is 0.00000392. The fraction of sp³-hybridized carbons (Fsp3) is 0.579. The average Bonchev–Trinajstić information content (AvgIpc) is 2.81. The van der Waals surface area contributed by atoms with Crippen molar-refractivity contribution in [3.63, 3.8) is 0 Å². The molecule has 1 aromatic rings. The van der Waals surface area contributed by atoms with Crippen LogP contribution in [0.1, 0.15) is 39.7 Å². The van der Waals surface area contributed by atoms with Gasteiger partial charge in [0.2, 0.25) is 5.91 Å². The number of fused-ring (bicyclic) bond motifs is 1. The quantitative estimate of drug-likeness (QED) is 0.313. The summed E-state index contributed by atoms with van der Waals surface area (Å²) in [6.45, 7) is 10.2. The van der Waals surface area contributed by atoms with Crippen LogP contribution < -0.4 is 25.4 Å². The molecule has 0 radical (unpaired) electrons. The Hall–Kier alpha value is -1.42. The number of nitrogens with zero attached hydrogens (tertiary/aromatic N) is 1. The number of carbonyl (C=O) groups excluding carboxylic acids is 1. The number of carbonyl (C=O) groups is 1. The van der Waals surface area contributed by atoms with Crippen molar-refractivity contribution < 1.29 is 14.3 Å². The number of ether oxygens (including phenoxy) is 2. The summed E-state index contributed by atoms with van der Waals surface area (Å²) in [6.07, 6.45) is 0.823. The average molecular weight is 525 g/mol. The summed E-state index contributed by atoms with van der Waals surface area (Å²) in [4.78, 5) is 16.5. The fourth-order valence-electron chi connectivity index (χ4n) is 2.51. The summed E-state index contributed by atoms with van der Waals surface area (Å²) < 4.78 is 11.3. The van der Waals surface area contributed by atoms with Crippen molar-refractivity contribution in [2.45, 2.75) is 46.2 Å². The van der Waals surface area contributed by atoms with Crippen LogP contribution in [0.3, 0.4) is 0 Å². The van der Waals surface area contributed by atoms with Crippen molar-refractivity contribution in [3.05, 3.63) is 22.7 Å². The Bertz CT molecular complexity index is 692. The molecular weight excluding hydrogens is 495 g/mol. The van der Waals surface area contributed by atoms with Gasteiger partial charge in [0.1, 0.15) is 0 Å². The number of rotatable bonds is 5. The predicted octanol–water partition coefficient (Wildman–Crippen LogP) is 3.09. The number of hydrogen-bond acceptors (Lipinski definition) is 4. The van der Waals surface area contributed by atoms with Crippen LogP contribution in [0.4, 0.5) is 0 Å². The van der Waals surface area contributed by atoms with Crippen LogP contribution >= 0.6 is 35.6 Å². The van der Waals surface area contributed by atoms with Gasteiger partial charge in [-0.15, -0.1) is 24.0 Å². The highest BCUT2D eigenvalue weighted by Gasteiger charge is 2.16. The minimum Gasteiger partial charge on any atom is -0.489 e. The van der Waals surface area contributed by atoms with E-state index in [0.717, 1.165) is 12.0 Å². The third kappa shape index (κ3) is 8.30. The van der Waals surface area contributed by atoms with Crippen molar-refractivity contribution in [1.29, 1.82) is 0 Å². The molecule has 1 heterocycles. The Morgan fingerprint density at radius 2 is 1.93 bits per heavy atom.